The van der Waals surface area contributed by atoms with Gasteiger partial charge in [-0.25, -0.2) is 9.59 Å². The highest BCUT2D eigenvalue weighted by molar-refractivity contribution is 5.89. The molecule has 1 unspecified atom stereocenters. The van der Waals surface area contributed by atoms with E-state index in [0.29, 0.717) is 18.7 Å². The van der Waals surface area contributed by atoms with E-state index in [4.69, 9.17) is 5.11 Å². The molecule has 1 aliphatic heterocycles. The van der Waals surface area contributed by atoms with E-state index >= 15 is 0 Å². The SMILES string of the molecule is CN1CC(c2ccccc2C(=O)O)CNC1=O. The molecule has 0 spiro atoms. The van der Waals surface area contributed by atoms with Crippen molar-refractivity contribution in [3.05, 3.63) is 35.4 Å². The van der Waals surface area contributed by atoms with Crippen molar-refractivity contribution in [2.45, 2.75) is 5.92 Å². The van der Waals surface area contributed by atoms with Crippen LogP contribution in [0.2, 0.25) is 0 Å². The van der Waals surface area contributed by atoms with E-state index in [2.05, 4.69) is 5.32 Å². The fourth-order valence-electron chi connectivity index (χ4n) is 2.08. The van der Waals surface area contributed by atoms with Gasteiger partial charge in [-0.2, -0.15) is 0 Å². The Bertz CT molecular complexity index is 459. The van der Waals surface area contributed by atoms with Gasteiger partial charge in [0.1, 0.15) is 0 Å². The van der Waals surface area contributed by atoms with Crippen molar-refractivity contribution in [1.29, 1.82) is 0 Å². The molecular weight excluding hydrogens is 220 g/mol. The first-order valence-electron chi connectivity index (χ1n) is 5.40. The lowest BCUT2D eigenvalue weighted by Crippen LogP contribution is -2.48. The van der Waals surface area contributed by atoms with Crippen molar-refractivity contribution in [1.82, 2.24) is 10.2 Å². The number of likely N-dealkylation sites (N-methyl/N-ethyl adjacent to an activating group) is 1. The Morgan fingerprint density at radius 3 is 2.82 bits per heavy atom. The minimum absolute atomic E-state index is 0.0185. The van der Waals surface area contributed by atoms with Crippen LogP contribution in [0.4, 0.5) is 4.79 Å². The molecule has 0 radical (unpaired) electrons. The highest BCUT2D eigenvalue weighted by atomic mass is 16.4. The summed E-state index contributed by atoms with van der Waals surface area (Å²) >= 11 is 0. The number of nitrogens with zero attached hydrogens (tertiary/aromatic N) is 1. The summed E-state index contributed by atoms with van der Waals surface area (Å²) in [6, 6.07) is 6.80. The molecule has 1 aliphatic rings. The molecule has 0 saturated carbocycles. The molecule has 2 amide bonds. The molecule has 0 aromatic heterocycles. The van der Waals surface area contributed by atoms with Gasteiger partial charge in [0.05, 0.1) is 5.56 Å². The van der Waals surface area contributed by atoms with E-state index in [9.17, 15) is 9.59 Å². The molecule has 1 atom stereocenters. The maximum Gasteiger partial charge on any atom is 0.335 e. The summed E-state index contributed by atoms with van der Waals surface area (Å²) in [6.07, 6.45) is 0. The Labute approximate surface area is 99.0 Å². The van der Waals surface area contributed by atoms with Crippen LogP contribution < -0.4 is 5.32 Å². The van der Waals surface area contributed by atoms with Crippen molar-refractivity contribution < 1.29 is 14.7 Å². The van der Waals surface area contributed by atoms with Crippen LogP contribution >= 0.6 is 0 Å². The van der Waals surface area contributed by atoms with Crippen LogP contribution in [0.15, 0.2) is 24.3 Å². The van der Waals surface area contributed by atoms with E-state index in [1.54, 1.807) is 30.1 Å². The fraction of sp³-hybridized carbons (Fsp3) is 0.333. The first kappa shape index (κ1) is 11.4. The van der Waals surface area contributed by atoms with Gasteiger partial charge in [0.15, 0.2) is 0 Å². The zero-order valence-electron chi connectivity index (χ0n) is 9.51. The molecule has 90 valence electrons. The van der Waals surface area contributed by atoms with Gasteiger partial charge in [-0.3, -0.25) is 0 Å². The highest BCUT2D eigenvalue weighted by Crippen LogP contribution is 2.22. The summed E-state index contributed by atoms with van der Waals surface area (Å²) in [7, 11) is 1.70. The van der Waals surface area contributed by atoms with Gasteiger partial charge in [-0.1, -0.05) is 18.2 Å². The number of carboxylic acid groups (broad SMARTS) is 1. The van der Waals surface area contributed by atoms with Gasteiger partial charge in [0, 0.05) is 26.1 Å². The van der Waals surface area contributed by atoms with Crippen LogP contribution in [0.25, 0.3) is 0 Å². The van der Waals surface area contributed by atoms with Crippen molar-refractivity contribution in [3.8, 4) is 0 Å². The summed E-state index contributed by atoms with van der Waals surface area (Å²) in [5.41, 5.74) is 1.08. The Balaban J connectivity index is 2.28. The van der Waals surface area contributed by atoms with Crippen LogP contribution in [0, 0.1) is 0 Å². The van der Waals surface area contributed by atoms with E-state index < -0.39 is 5.97 Å². The van der Waals surface area contributed by atoms with Gasteiger partial charge < -0.3 is 15.3 Å². The molecule has 1 aromatic rings. The van der Waals surface area contributed by atoms with Gasteiger partial charge in [-0.15, -0.1) is 0 Å². The highest BCUT2D eigenvalue weighted by Gasteiger charge is 2.26. The zero-order valence-corrected chi connectivity index (χ0v) is 9.51. The number of nitrogens with one attached hydrogen (secondary N) is 1. The first-order chi connectivity index (χ1) is 8.09. The molecule has 17 heavy (non-hydrogen) atoms. The lowest BCUT2D eigenvalue weighted by atomic mass is 9.92. The Hall–Kier alpha value is -2.04. The Kier molecular flexibility index (Phi) is 2.99. The van der Waals surface area contributed by atoms with Gasteiger partial charge in [0.25, 0.3) is 0 Å². The molecule has 5 heteroatoms. The summed E-state index contributed by atoms with van der Waals surface area (Å²) in [4.78, 5) is 24.0. The van der Waals surface area contributed by atoms with E-state index in [1.165, 1.54) is 0 Å². The minimum atomic E-state index is -0.930. The number of aromatic carboxylic acids is 1. The standard InChI is InChI=1S/C12H14N2O3/c1-14-7-8(6-13-12(14)17)9-4-2-3-5-10(9)11(15)16/h2-5,8H,6-7H2,1H3,(H,13,17)(H,15,16). The number of carboxylic acids is 1. The topological polar surface area (TPSA) is 69.6 Å². The first-order valence-corrected chi connectivity index (χ1v) is 5.40. The van der Waals surface area contributed by atoms with Crippen molar-refractivity contribution in [2.24, 2.45) is 0 Å². The summed E-state index contributed by atoms with van der Waals surface area (Å²) in [5, 5.41) is 11.9. The number of hydrogen-bond acceptors (Lipinski definition) is 2. The van der Waals surface area contributed by atoms with Crippen LogP contribution in [0.3, 0.4) is 0 Å². The fourth-order valence-corrected chi connectivity index (χ4v) is 2.08. The second-order valence-electron chi connectivity index (χ2n) is 4.16. The number of carbonyl (C=O) groups is 2. The number of hydrogen-bond donors (Lipinski definition) is 2. The van der Waals surface area contributed by atoms with Crippen molar-refractivity contribution >= 4 is 12.0 Å². The number of amides is 2. The molecule has 2 N–H and O–H groups in total. The molecule has 2 rings (SSSR count). The predicted octanol–water partition coefficient (Wildman–Crippen LogP) is 1.12. The third kappa shape index (κ3) is 2.22. The second-order valence-corrected chi connectivity index (χ2v) is 4.16. The lowest BCUT2D eigenvalue weighted by Gasteiger charge is -2.31. The average Bonchev–Trinajstić information content (AvgIpc) is 2.32. The monoisotopic (exact) mass is 234 g/mol. The predicted molar refractivity (Wildman–Crippen MR) is 62.2 cm³/mol. The normalized spacial score (nSPS) is 19.9. The number of urea groups is 1. The maximum atomic E-state index is 11.3. The molecule has 1 aromatic carbocycles. The van der Waals surface area contributed by atoms with Crippen molar-refractivity contribution in [3.63, 3.8) is 0 Å². The van der Waals surface area contributed by atoms with E-state index in [-0.39, 0.29) is 11.9 Å². The quantitative estimate of drug-likeness (QED) is 0.805. The number of benzene rings is 1. The van der Waals surface area contributed by atoms with E-state index in [1.807, 2.05) is 6.07 Å². The number of rotatable bonds is 2. The van der Waals surface area contributed by atoms with Gasteiger partial charge in [0.2, 0.25) is 0 Å². The van der Waals surface area contributed by atoms with Gasteiger partial charge in [-0.05, 0) is 11.6 Å². The van der Waals surface area contributed by atoms with Crippen LogP contribution in [0.5, 0.6) is 0 Å². The molecule has 1 heterocycles. The summed E-state index contributed by atoms with van der Waals surface area (Å²) < 4.78 is 0. The van der Waals surface area contributed by atoms with Gasteiger partial charge >= 0.3 is 12.0 Å². The molecule has 1 saturated heterocycles. The number of carbonyl (C=O) groups excluding carboxylic acids is 1. The summed E-state index contributed by atoms with van der Waals surface area (Å²) in [6.45, 7) is 1.02. The molecule has 0 aliphatic carbocycles. The average molecular weight is 234 g/mol. The van der Waals surface area contributed by atoms with Crippen molar-refractivity contribution in [2.75, 3.05) is 20.1 Å². The molecular formula is C12H14N2O3. The van der Waals surface area contributed by atoms with E-state index in [0.717, 1.165) is 5.56 Å². The minimum Gasteiger partial charge on any atom is -0.478 e. The Morgan fingerprint density at radius 1 is 1.47 bits per heavy atom. The molecule has 1 fully saturated rings. The van der Waals surface area contributed by atoms with Crippen LogP contribution in [-0.4, -0.2) is 42.1 Å². The third-order valence-electron chi connectivity index (χ3n) is 2.97. The second kappa shape index (κ2) is 4.45. The largest absolute Gasteiger partial charge is 0.478 e. The van der Waals surface area contributed by atoms with Crippen LogP contribution in [0.1, 0.15) is 21.8 Å². The third-order valence-corrected chi connectivity index (χ3v) is 2.97. The lowest BCUT2D eigenvalue weighted by molar-refractivity contribution is 0.0695. The maximum absolute atomic E-state index is 11.3. The van der Waals surface area contributed by atoms with Crippen LogP contribution in [-0.2, 0) is 0 Å². The Morgan fingerprint density at radius 2 is 2.18 bits per heavy atom. The smallest absolute Gasteiger partial charge is 0.335 e. The molecule has 5 nitrogen and oxygen atoms in total. The molecule has 0 bridgehead atoms. The summed E-state index contributed by atoms with van der Waals surface area (Å²) in [5.74, 6) is -0.912. The zero-order chi connectivity index (χ0) is 12.4.